The molecule has 3 unspecified atom stereocenters. The third-order valence-corrected chi connectivity index (χ3v) is 2.63. The lowest BCUT2D eigenvalue weighted by Gasteiger charge is -2.33. The lowest BCUT2D eigenvalue weighted by Crippen LogP contribution is -2.43. The molecule has 0 bridgehead atoms. The largest absolute Gasteiger partial charge is 0.313 e. The quantitative estimate of drug-likeness (QED) is 0.589. The monoisotopic (exact) mass is 141 g/mol. The second-order valence-corrected chi connectivity index (χ2v) is 3.74. The van der Waals surface area contributed by atoms with E-state index >= 15 is 0 Å². The fraction of sp³-hybridized carbons (Fsp3) is 1.00. The van der Waals surface area contributed by atoms with Crippen LogP contribution in [-0.4, -0.2) is 12.6 Å². The fourth-order valence-corrected chi connectivity index (χ4v) is 1.98. The maximum absolute atomic E-state index is 3.57. The molecule has 0 aromatic carbocycles. The molecule has 1 N–H and O–H groups in total. The van der Waals surface area contributed by atoms with Crippen molar-refractivity contribution in [1.29, 1.82) is 0 Å². The van der Waals surface area contributed by atoms with E-state index in [1.807, 2.05) is 0 Å². The standard InChI is InChI=1S/C9H19N/c1-4-9-8(3)5-7(2)6-10-9/h7-10H,4-6H2,1-3H3. The molecule has 0 amide bonds. The Bertz CT molecular complexity index is 101. The lowest BCUT2D eigenvalue weighted by atomic mass is 9.86. The maximum Gasteiger partial charge on any atom is 0.00902 e. The van der Waals surface area contributed by atoms with Crippen LogP contribution in [-0.2, 0) is 0 Å². The van der Waals surface area contributed by atoms with Gasteiger partial charge in [-0.25, -0.2) is 0 Å². The molecule has 1 nitrogen and oxygen atoms in total. The van der Waals surface area contributed by atoms with Crippen LogP contribution in [0.5, 0.6) is 0 Å². The number of rotatable bonds is 1. The molecule has 0 aliphatic carbocycles. The van der Waals surface area contributed by atoms with Crippen molar-refractivity contribution >= 4 is 0 Å². The molecule has 0 aromatic rings. The van der Waals surface area contributed by atoms with Gasteiger partial charge in [0.15, 0.2) is 0 Å². The van der Waals surface area contributed by atoms with Gasteiger partial charge >= 0.3 is 0 Å². The van der Waals surface area contributed by atoms with E-state index in [0.717, 1.165) is 17.9 Å². The van der Waals surface area contributed by atoms with Gasteiger partial charge in [-0.15, -0.1) is 0 Å². The van der Waals surface area contributed by atoms with Gasteiger partial charge in [0, 0.05) is 6.04 Å². The molecule has 60 valence electrons. The summed E-state index contributed by atoms with van der Waals surface area (Å²) in [5.41, 5.74) is 0. The van der Waals surface area contributed by atoms with Crippen LogP contribution in [0.25, 0.3) is 0 Å². The van der Waals surface area contributed by atoms with Gasteiger partial charge in [0.25, 0.3) is 0 Å². The van der Waals surface area contributed by atoms with E-state index in [1.54, 1.807) is 0 Å². The van der Waals surface area contributed by atoms with Crippen molar-refractivity contribution in [3.05, 3.63) is 0 Å². The minimum atomic E-state index is 0.788. The van der Waals surface area contributed by atoms with Gasteiger partial charge in [0.1, 0.15) is 0 Å². The molecule has 3 atom stereocenters. The van der Waals surface area contributed by atoms with Gasteiger partial charge in [0.2, 0.25) is 0 Å². The third-order valence-electron chi connectivity index (χ3n) is 2.63. The first-order valence-corrected chi connectivity index (χ1v) is 4.47. The molecule has 1 heterocycles. The minimum Gasteiger partial charge on any atom is -0.313 e. The first-order chi connectivity index (χ1) is 4.74. The molecule has 0 radical (unpaired) electrons. The van der Waals surface area contributed by atoms with E-state index in [4.69, 9.17) is 0 Å². The van der Waals surface area contributed by atoms with Crippen LogP contribution >= 0.6 is 0 Å². The van der Waals surface area contributed by atoms with Crippen LogP contribution in [0.4, 0.5) is 0 Å². The number of nitrogens with one attached hydrogen (secondary N) is 1. The zero-order chi connectivity index (χ0) is 7.56. The summed E-state index contributed by atoms with van der Waals surface area (Å²) < 4.78 is 0. The lowest BCUT2D eigenvalue weighted by molar-refractivity contribution is 0.239. The topological polar surface area (TPSA) is 12.0 Å². The van der Waals surface area contributed by atoms with E-state index in [0.29, 0.717) is 0 Å². The Balaban J connectivity index is 2.36. The van der Waals surface area contributed by atoms with Gasteiger partial charge < -0.3 is 5.32 Å². The maximum atomic E-state index is 3.57. The zero-order valence-corrected chi connectivity index (χ0v) is 7.35. The Morgan fingerprint density at radius 2 is 2.10 bits per heavy atom. The Morgan fingerprint density at radius 1 is 1.40 bits per heavy atom. The summed E-state index contributed by atoms with van der Waals surface area (Å²) >= 11 is 0. The van der Waals surface area contributed by atoms with Crippen LogP contribution in [0.15, 0.2) is 0 Å². The van der Waals surface area contributed by atoms with E-state index in [9.17, 15) is 0 Å². The Morgan fingerprint density at radius 3 is 2.60 bits per heavy atom. The van der Waals surface area contributed by atoms with E-state index in [2.05, 4.69) is 26.1 Å². The average molecular weight is 141 g/mol. The number of hydrogen-bond acceptors (Lipinski definition) is 1. The molecule has 10 heavy (non-hydrogen) atoms. The first kappa shape index (κ1) is 8.06. The van der Waals surface area contributed by atoms with E-state index < -0.39 is 0 Å². The minimum absolute atomic E-state index is 0.788. The summed E-state index contributed by atoms with van der Waals surface area (Å²) in [5.74, 6) is 1.77. The second kappa shape index (κ2) is 3.38. The molecular formula is C9H19N. The van der Waals surface area contributed by atoms with E-state index in [1.165, 1.54) is 19.4 Å². The molecule has 1 heteroatoms. The molecule has 1 aliphatic rings. The van der Waals surface area contributed by atoms with Crippen molar-refractivity contribution in [1.82, 2.24) is 5.32 Å². The Hall–Kier alpha value is -0.0400. The van der Waals surface area contributed by atoms with Crippen molar-refractivity contribution < 1.29 is 0 Å². The highest BCUT2D eigenvalue weighted by molar-refractivity contribution is 4.79. The molecule has 1 saturated heterocycles. The Kier molecular flexibility index (Phi) is 2.72. The van der Waals surface area contributed by atoms with Gasteiger partial charge in [-0.1, -0.05) is 20.8 Å². The van der Waals surface area contributed by atoms with E-state index in [-0.39, 0.29) is 0 Å². The zero-order valence-electron chi connectivity index (χ0n) is 7.35. The summed E-state index contributed by atoms with van der Waals surface area (Å²) in [4.78, 5) is 0. The summed E-state index contributed by atoms with van der Waals surface area (Å²) in [6, 6.07) is 0.788. The summed E-state index contributed by atoms with van der Waals surface area (Å²) in [6.07, 6.45) is 2.69. The third kappa shape index (κ3) is 1.72. The summed E-state index contributed by atoms with van der Waals surface area (Å²) in [5, 5.41) is 3.57. The first-order valence-electron chi connectivity index (χ1n) is 4.47. The van der Waals surface area contributed by atoms with Gasteiger partial charge in [-0.05, 0) is 31.2 Å². The van der Waals surface area contributed by atoms with Crippen LogP contribution in [0.2, 0.25) is 0 Å². The SMILES string of the molecule is CCC1NCC(C)CC1C. The Labute approximate surface area is 64.2 Å². The summed E-state index contributed by atoms with van der Waals surface area (Å²) in [7, 11) is 0. The molecule has 1 fully saturated rings. The average Bonchev–Trinajstić information content (AvgIpc) is 1.88. The highest BCUT2D eigenvalue weighted by Crippen LogP contribution is 2.21. The highest BCUT2D eigenvalue weighted by Gasteiger charge is 2.22. The normalized spacial score (nSPS) is 41.7. The molecular weight excluding hydrogens is 122 g/mol. The van der Waals surface area contributed by atoms with Crippen molar-refractivity contribution in [2.75, 3.05) is 6.54 Å². The number of hydrogen-bond donors (Lipinski definition) is 1. The van der Waals surface area contributed by atoms with Crippen LogP contribution in [0, 0.1) is 11.8 Å². The summed E-state index contributed by atoms with van der Waals surface area (Å²) in [6.45, 7) is 8.18. The van der Waals surface area contributed by atoms with Crippen molar-refractivity contribution in [3.63, 3.8) is 0 Å². The van der Waals surface area contributed by atoms with Gasteiger partial charge in [-0.2, -0.15) is 0 Å². The van der Waals surface area contributed by atoms with Crippen LogP contribution in [0.1, 0.15) is 33.6 Å². The molecule has 1 rings (SSSR count). The van der Waals surface area contributed by atoms with Crippen LogP contribution in [0.3, 0.4) is 0 Å². The highest BCUT2D eigenvalue weighted by atomic mass is 14.9. The fourth-order valence-electron chi connectivity index (χ4n) is 1.98. The van der Waals surface area contributed by atoms with Crippen molar-refractivity contribution in [2.45, 2.75) is 39.7 Å². The molecule has 0 saturated carbocycles. The van der Waals surface area contributed by atoms with Crippen LogP contribution < -0.4 is 5.32 Å². The van der Waals surface area contributed by atoms with Crippen molar-refractivity contribution in [2.24, 2.45) is 11.8 Å². The second-order valence-electron chi connectivity index (χ2n) is 3.74. The predicted octanol–water partition coefficient (Wildman–Crippen LogP) is 2.03. The van der Waals surface area contributed by atoms with Gasteiger partial charge in [0.05, 0.1) is 0 Å². The van der Waals surface area contributed by atoms with Crippen molar-refractivity contribution in [3.8, 4) is 0 Å². The smallest absolute Gasteiger partial charge is 0.00902 e. The van der Waals surface area contributed by atoms with Gasteiger partial charge in [-0.3, -0.25) is 0 Å². The molecule has 1 aliphatic heterocycles. The number of piperidine rings is 1. The predicted molar refractivity (Wildman–Crippen MR) is 45.0 cm³/mol. The molecule has 0 aromatic heterocycles. The molecule has 0 spiro atoms.